The van der Waals surface area contributed by atoms with Crippen LogP contribution in [0.4, 0.5) is 16.9 Å². The van der Waals surface area contributed by atoms with Crippen molar-refractivity contribution in [3.05, 3.63) is 46.7 Å². The van der Waals surface area contributed by atoms with Crippen LogP contribution in [0.5, 0.6) is 5.75 Å². The van der Waals surface area contributed by atoms with Gasteiger partial charge in [0.05, 0.1) is 6.54 Å². The van der Waals surface area contributed by atoms with E-state index in [-0.39, 0.29) is 5.95 Å². The summed E-state index contributed by atoms with van der Waals surface area (Å²) in [7, 11) is 0. The van der Waals surface area contributed by atoms with Crippen LogP contribution in [0.2, 0.25) is 5.15 Å². The second-order valence-corrected chi connectivity index (χ2v) is 8.46. The van der Waals surface area contributed by atoms with Gasteiger partial charge in [0.2, 0.25) is 5.95 Å². The van der Waals surface area contributed by atoms with Crippen molar-refractivity contribution in [3.63, 3.8) is 0 Å². The Balaban J connectivity index is 1.55. The van der Waals surface area contributed by atoms with Gasteiger partial charge in [-0.15, -0.1) is 0 Å². The molecule has 0 atom stereocenters. The Kier molecular flexibility index (Phi) is 4.56. The van der Waals surface area contributed by atoms with Crippen molar-refractivity contribution >= 4 is 50.2 Å². The Hall–Kier alpha value is -3.17. The Labute approximate surface area is 181 Å². The standard InChI is InChI=1S/C20H18ClN7OS/c1-10-4-11(12-6-14-18(24-8-12)30-20(23)25-14)5-13-9-28(2-3-29-17(10)13)16-7-15(21)26-19(22)27-16/h4-8H,2-3,9H2,1H3,(H2,23,25)(H2,22,26,27). The highest BCUT2D eigenvalue weighted by Gasteiger charge is 2.20. The quantitative estimate of drug-likeness (QED) is 0.454. The van der Waals surface area contributed by atoms with Crippen molar-refractivity contribution in [2.45, 2.75) is 13.5 Å². The maximum absolute atomic E-state index is 6.08. The lowest BCUT2D eigenvalue weighted by atomic mass is 10.00. The Morgan fingerprint density at radius 2 is 1.97 bits per heavy atom. The number of pyridine rings is 1. The molecule has 1 aliphatic rings. The van der Waals surface area contributed by atoms with E-state index in [0.717, 1.165) is 38.4 Å². The van der Waals surface area contributed by atoms with E-state index in [0.29, 0.717) is 35.8 Å². The van der Waals surface area contributed by atoms with Crippen LogP contribution in [-0.4, -0.2) is 33.1 Å². The highest BCUT2D eigenvalue weighted by Crippen LogP contribution is 2.35. The lowest BCUT2D eigenvalue weighted by Crippen LogP contribution is -2.26. The highest BCUT2D eigenvalue weighted by molar-refractivity contribution is 7.21. The van der Waals surface area contributed by atoms with Gasteiger partial charge in [-0.2, -0.15) is 4.98 Å². The molecule has 5 rings (SSSR count). The molecule has 0 fully saturated rings. The van der Waals surface area contributed by atoms with Crippen LogP contribution >= 0.6 is 22.9 Å². The first-order valence-corrected chi connectivity index (χ1v) is 10.5. The minimum Gasteiger partial charge on any atom is -0.491 e. The number of aromatic nitrogens is 4. The third kappa shape index (κ3) is 3.46. The zero-order valence-corrected chi connectivity index (χ0v) is 17.7. The molecule has 3 aromatic heterocycles. The molecule has 152 valence electrons. The van der Waals surface area contributed by atoms with E-state index in [4.69, 9.17) is 27.8 Å². The zero-order chi connectivity index (χ0) is 20.8. The van der Waals surface area contributed by atoms with E-state index in [1.807, 2.05) is 19.2 Å². The average Bonchev–Trinajstić information content (AvgIpc) is 2.92. The number of halogens is 1. The van der Waals surface area contributed by atoms with Gasteiger partial charge in [0.1, 0.15) is 33.7 Å². The van der Waals surface area contributed by atoms with Crippen LogP contribution in [-0.2, 0) is 6.54 Å². The molecule has 0 saturated heterocycles. The second kappa shape index (κ2) is 7.26. The number of hydrogen-bond donors (Lipinski definition) is 2. The minimum absolute atomic E-state index is 0.148. The molecule has 0 bridgehead atoms. The summed E-state index contributed by atoms with van der Waals surface area (Å²) in [5.74, 6) is 1.71. The number of nitrogen functional groups attached to an aromatic ring is 2. The summed E-state index contributed by atoms with van der Waals surface area (Å²) in [6.45, 7) is 3.84. The van der Waals surface area contributed by atoms with Crippen LogP contribution in [0.1, 0.15) is 11.1 Å². The number of anilines is 3. The second-order valence-electron chi connectivity index (χ2n) is 7.06. The van der Waals surface area contributed by atoms with Gasteiger partial charge in [-0.1, -0.05) is 22.9 Å². The largest absolute Gasteiger partial charge is 0.491 e. The van der Waals surface area contributed by atoms with E-state index in [1.54, 1.807) is 6.07 Å². The monoisotopic (exact) mass is 439 g/mol. The number of nitrogens with two attached hydrogens (primary N) is 2. The van der Waals surface area contributed by atoms with Crippen molar-refractivity contribution in [1.29, 1.82) is 0 Å². The van der Waals surface area contributed by atoms with Gasteiger partial charge < -0.3 is 21.1 Å². The summed E-state index contributed by atoms with van der Waals surface area (Å²) in [6, 6.07) is 7.94. The summed E-state index contributed by atoms with van der Waals surface area (Å²) in [5.41, 5.74) is 16.5. The summed E-state index contributed by atoms with van der Waals surface area (Å²) in [4.78, 5) is 20.1. The Morgan fingerprint density at radius 1 is 1.10 bits per heavy atom. The average molecular weight is 440 g/mol. The van der Waals surface area contributed by atoms with Crippen molar-refractivity contribution in [2.75, 3.05) is 29.5 Å². The molecule has 4 N–H and O–H groups in total. The first kappa shape index (κ1) is 18.8. The number of hydrogen-bond acceptors (Lipinski definition) is 9. The van der Waals surface area contributed by atoms with E-state index >= 15 is 0 Å². The maximum Gasteiger partial charge on any atom is 0.223 e. The summed E-state index contributed by atoms with van der Waals surface area (Å²) in [5, 5.41) is 0.828. The van der Waals surface area contributed by atoms with Crippen molar-refractivity contribution in [3.8, 4) is 16.9 Å². The zero-order valence-electron chi connectivity index (χ0n) is 16.1. The lowest BCUT2D eigenvalue weighted by molar-refractivity contribution is 0.329. The molecule has 4 aromatic rings. The minimum atomic E-state index is 0.148. The van der Waals surface area contributed by atoms with Gasteiger partial charge in [-0.05, 0) is 36.2 Å². The smallest absolute Gasteiger partial charge is 0.223 e. The third-order valence-electron chi connectivity index (χ3n) is 4.94. The molecule has 0 amide bonds. The normalized spacial score (nSPS) is 13.7. The van der Waals surface area contributed by atoms with Gasteiger partial charge in [0.15, 0.2) is 5.13 Å². The Bertz CT molecular complexity index is 1260. The Morgan fingerprint density at radius 3 is 2.80 bits per heavy atom. The molecule has 0 saturated carbocycles. The van der Waals surface area contributed by atoms with E-state index in [1.165, 1.54) is 11.3 Å². The fourth-order valence-electron chi connectivity index (χ4n) is 3.66. The van der Waals surface area contributed by atoms with Gasteiger partial charge in [0, 0.05) is 29.9 Å². The predicted octanol–water partition coefficient (Wildman–Crippen LogP) is 3.67. The van der Waals surface area contributed by atoms with E-state index in [2.05, 4.69) is 37.0 Å². The lowest BCUT2D eigenvalue weighted by Gasteiger charge is -2.21. The molecule has 30 heavy (non-hydrogen) atoms. The molecule has 8 nitrogen and oxygen atoms in total. The molecule has 0 spiro atoms. The SMILES string of the molecule is Cc1cc(-c2cnc3sc(N)nc3c2)cc2c1OCCN(c1cc(Cl)nc(N)n1)C2. The number of nitrogens with zero attached hydrogens (tertiary/aromatic N) is 5. The summed E-state index contributed by atoms with van der Waals surface area (Å²) >= 11 is 7.46. The number of fused-ring (bicyclic) bond motifs is 2. The first-order chi connectivity index (χ1) is 14.5. The number of rotatable bonds is 2. The molecule has 10 heteroatoms. The maximum atomic E-state index is 6.08. The summed E-state index contributed by atoms with van der Waals surface area (Å²) < 4.78 is 6.06. The molecular weight excluding hydrogens is 422 g/mol. The van der Waals surface area contributed by atoms with Gasteiger partial charge in [-0.3, -0.25) is 0 Å². The van der Waals surface area contributed by atoms with Crippen LogP contribution in [0, 0.1) is 6.92 Å². The molecule has 0 aliphatic carbocycles. The number of ether oxygens (including phenoxy) is 1. The van der Waals surface area contributed by atoms with Crippen LogP contribution in [0.25, 0.3) is 21.5 Å². The topological polar surface area (TPSA) is 116 Å². The number of aryl methyl sites for hydroxylation is 1. The molecule has 0 radical (unpaired) electrons. The third-order valence-corrected chi connectivity index (χ3v) is 5.94. The number of benzene rings is 1. The highest BCUT2D eigenvalue weighted by atomic mass is 35.5. The van der Waals surface area contributed by atoms with E-state index < -0.39 is 0 Å². The van der Waals surface area contributed by atoms with Gasteiger partial charge in [-0.25, -0.2) is 15.0 Å². The van der Waals surface area contributed by atoms with Crippen LogP contribution < -0.4 is 21.1 Å². The number of thiazole rings is 1. The van der Waals surface area contributed by atoms with Crippen LogP contribution in [0.15, 0.2) is 30.5 Å². The molecule has 0 unspecified atom stereocenters. The van der Waals surface area contributed by atoms with E-state index in [9.17, 15) is 0 Å². The molecule has 1 aliphatic heterocycles. The van der Waals surface area contributed by atoms with Crippen molar-refractivity contribution in [2.24, 2.45) is 0 Å². The molecule has 1 aromatic carbocycles. The fourth-order valence-corrected chi connectivity index (χ4v) is 4.50. The molecule has 4 heterocycles. The summed E-state index contributed by atoms with van der Waals surface area (Å²) in [6.07, 6.45) is 1.85. The predicted molar refractivity (Wildman–Crippen MR) is 120 cm³/mol. The first-order valence-electron chi connectivity index (χ1n) is 9.30. The fraction of sp³-hybridized carbons (Fsp3) is 0.200. The van der Waals surface area contributed by atoms with Crippen molar-refractivity contribution < 1.29 is 4.74 Å². The van der Waals surface area contributed by atoms with Gasteiger partial charge >= 0.3 is 0 Å². The van der Waals surface area contributed by atoms with Gasteiger partial charge in [0.25, 0.3) is 0 Å². The van der Waals surface area contributed by atoms with Crippen LogP contribution in [0.3, 0.4) is 0 Å². The van der Waals surface area contributed by atoms with Crippen molar-refractivity contribution in [1.82, 2.24) is 19.9 Å². The molecular formula is C20H18ClN7OS.